The van der Waals surface area contributed by atoms with Crippen molar-refractivity contribution in [2.24, 2.45) is 0 Å². The molecule has 0 radical (unpaired) electrons. The van der Waals surface area contributed by atoms with Crippen LogP contribution in [0.25, 0.3) is 11.4 Å². The van der Waals surface area contributed by atoms with Crippen molar-refractivity contribution in [3.8, 4) is 28.6 Å². The number of methoxy groups -OCH3 is 1. The summed E-state index contributed by atoms with van der Waals surface area (Å²) in [5.41, 5.74) is 4.93. The Labute approximate surface area is 185 Å². The van der Waals surface area contributed by atoms with E-state index in [0.29, 0.717) is 46.0 Å². The van der Waals surface area contributed by atoms with Gasteiger partial charge < -0.3 is 19.6 Å². The van der Waals surface area contributed by atoms with E-state index in [9.17, 15) is 0 Å². The summed E-state index contributed by atoms with van der Waals surface area (Å²) in [7, 11) is 1.62. The SMILES string of the molecule is CCOc1cc(CNn2c(-c3ccccc3OC)n[nH]c2=S)c(Cl)cc1OC(C)C. The van der Waals surface area contributed by atoms with Gasteiger partial charge in [0, 0.05) is 11.1 Å². The van der Waals surface area contributed by atoms with Crippen molar-refractivity contribution < 1.29 is 14.2 Å². The van der Waals surface area contributed by atoms with Crippen molar-refractivity contribution in [3.63, 3.8) is 0 Å². The monoisotopic (exact) mass is 448 g/mol. The Morgan fingerprint density at radius 3 is 2.67 bits per heavy atom. The highest BCUT2D eigenvalue weighted by molar-refractivity contribution is 7.71. The molecule has 3 rings (SSSR count). The van der Waals surface area contributed by atoms with Crippen LogP contribution >= 0.6 is 23.8 Å². The number of ether oxygens (including phenoxy) is 3. The summed E-state index contributed by atoms with van der Waals surface area (Å²) >= 11 is 11.9. The van der Waals surface area contributed by atoms with Crippen molar-refractivity contribution in [3.05, 3.63) is 51.8 Å². The van der Waals surface area contributed by atoms with Crippen LogP contribution in [0.4, 0.5) is 0 Å². The number of H-pyrrole nitrogens is 1. The van der Waals surface area contributed by atoms with E-state index in [1.807, 2.05) is 51.1 Å². The third-order valence-corrected chi connectivity index (χ3v) is 4.85. The van der Waals surface area contributed by atoms with E-state index in [0.717, 1.165) is 11.1 Å². The Morgan fingerprint density at radius 2 is 1.97 bits per heavy atom. The molecule has 3 aromatic rings. The van der Waals surface area contributed by atoms with Gasteiger partial charge in [-0.2, -0.15) is 5.10 Å². The van der Waals surface area contributed by atoms with Crippen LogP contribution < -0.4 is 19.6 Å². The van der Waals surface area contributed by atoms with Crippen molar-refractivity contribution in [1.29, 1.82) is 0 Å². The quantitative estimate of drug-likeness (QED) is 0.438. The standard InChI is InChI=1S/C21H25ClN4O3S/c1-5-28-18-10-14(16(22)11-19(18)29-13(2)3)12-23-26-20(24-25-21(26)30)15-8-6-7-9-17(15)27-4/h6-11,13,23H,5,12H2,1-4H3,(H,25,30). The minimum absolute atomic E-state index is 0.0110. The zero-order valence-corrected chi connectivity index (χ0v) is 18.9. The van der Waals surface area contributed by atoms with Crippen molar-refractivity contribution in [1.82, 2.24) is 14.9 Å². The van der Waals surface area contributed by atoms with Gasteiger partial charge >= 0.3 is 0 Å². The first-order chi connectivity index (χ1) is 14.4. The third-order valence-electron chi connectivity index (χ3n) is 4.22. The summed E-state index contributed by atoms with van der Waals surface area (Å²) in [6, 6.07) is 11.3. The first-order valence-corrected chi connectivity index (χ1v) is 10.4. The predicted molar refractivity (Wildman–Crippen MR) is 121 cm³/mol. The van der Waals surface area contributed by atoms with Crippen molar-refractivity contribution >= 4 is 23.8 Å². The van der Waals surface area contributed by atoms with Crippen LogP contribution in [0.5, 0.6) is 17.2 Å². The number of halogens is 1. The van der Waals surface area contributed by atoms with Crippen LogP contribution in [0, 0.1) is 4.77 Å². The summed E-state index contributed by atoms with van der Waals surface area (Å²) < 4.78 is 19.1. The average Bonchev–Trinajstić information content (AvgIpc) is 3.09. The highest BCUT2D eigenvalue weighted by Gasteiger charge is 2.16. The Bertz CT molecular complexity index is 1060. The number of rotatable bonds is 9. The zero-order valence-electron chi connectivity index (χ0n) is 17.4. The van der Waals surface area contributed by atoms with Gasteiger partial charge in [-0.25, -0.2) is 9.77 Å². The second-order valence-corrected chi connectivity index (χ2v) is 7.51. The molecule has 9 heteroatoms. The minimum atomic E-state index is 0.0110. The third kappa shape index (κ3) is 4.88. The molecule has 0 saturated heterocycles. The summed E-state index contributed by atoms with van der Waals surface area (Å²) in [4.78, 5) is 0. The first-order valence-electron chi connectivity index (χ1n) is 9.61. The van der Waals surface area contributed by atoms with Crippen LogP contribution in [0.15, 0.2) is 36.4 Å². The zero-order chi connectivity index (χ0) is 21.7. The Morgan fingerprint density at radius 1 is 1.20 bits per heavy atom. The number of nitrogens with one attached hydrogen (secondary N) is 2. The van der Waals surface area contributed by atoms with E-state index < -0.39 is 0 Å². The fourth-order valence-corrected chi connectivity index (χ4v) is 3.36. The molecule has 2 aromatic carbocycles. The molecule has 160 valence electrons. The number of hydrogen-bond acceptors (Lipinski definition) is 6. The van der Waals surface area contributed by atoms with Gasteiger partial charge in [-0.05, 0) is 56.8 Å². The van der Waals surface area contributed by atoms with Gasteiger partial charge in [0.25, 0.3) is 0 Å². The molecule has 0 unspecified atom stereocenters. The van der Waals surface area contributed by atoms with E-state index in [2.05, 4.69) is 15.6 Å². The highest BCUT2D eigenvalue weighted by atomic mass is 35.5. The van der Waals surface area contributed by atoms with Crippen molar-refractivity contribution in [2.45, 2.75) is 33.4 Å². The molecule has 1 aromatic heterocycles. The molecule has 0 amide bonds. The molecule has 0 saturated carbocycles. The van der Waals surface area contributed by atoms with Crippen molar-refractivity contribution in [2.75, 3.05) is 19.1 Å². The lowest BCUT2D eigenvalue weighted by Crippen LogP contribution is -2.16. The highest BCUT2D eigenvalue weighted by Crippen LogP contribution is 2.35. The van der Waals surface area contributed by atoms with E-state index in [4.69, 9.17) is 38.0 Å². The molecule has 0 fully saturated rings. The molecule has 1 heterocycles. The van der Waals surface area contributed by atoms with Gasteiger partial charge in [-0.15, -0.1) is 0 Å². The van der Waals surface area contributed by atoms with E-state index >= 15 is 0 Å². The average molecular weight is 449 g/mol. The summed E-state index contributed by atoms with van der Waals surface area (Å²) in [5.74, 6) is 2.57. The summed E-state index contributed by atoms with van der Waals surface area (Å²) in [5, 5.41) is 7.73. The molecule has 2 N–H and O–H groups in total. The normalized spacial score (nSPS) is 10.9. The number of para-hydroxylation sites is 1. The second-order valence-electron chi connectivity index (χ2n) is 6.71. The lowest BCUT2D eigenvalue weighted by Gasteiger charge is -2.18. The maximum atomic E-state index is 6.52. The maximum Gasteiger partial charge on any atom is 0.214 e. The molecule has 0 aliphatic rings. The Hall–Kier alpha value is -2.71. The van der Waals surface area contributed by atoms with E-state index in [-0.39, 0.29) is 6.10 Å². The van der Waals surface area contributed by atoms with Gasteiger partial charge in [0.1, 0.15) is 5.75 Å². The number of aromatic nitrogens is 3. The fraction of sp³-hybridized carbons (Fsp3) is 0.333. The molecule has 0 atom stereocenters. The smallest absolute Gasteiger partial charge is 0.214 e. The molecule has 0 spiro atoms. The molecule has 7 nitrogen and oxygen atoms in total. The number of nitrogens with zero attached hydrogens (tertiary/aromatic N) is 2. The molecular formula is C21H25ClN4O3S. The number of aromatic amines is 1. The van der Waals surface area contributed by atoms with Gasteiger partial charge in [-0.3, -0.25) is 0 Å². The summed E-state index contributed by atoms with van der Waals surface area (Å²) in [6.45, 7) is 6.76. The van der Waals surface area contributed by atoms with Gasteiger partial charge in [0.15, 0.2) is 17.3 Å². The fourth-order valence-electron chi connectivity index (χ4n) is 2.94. The molecule has 30 heavy (non-hydrogen) atoms. The first kappa shape index (κ1) is 22.0. The lowest BCUT2D eigenvalue weighted by atomic mass is 10.2. The number of benzene rings is 2. The second kappa shape index (κ2) is 9.86. The Balaban J connectivity index is 1.90. The van der Waals surface area contributed by atoms with Gasteiger partial charge in [-0.1, -0.05) is 23.7 Å². The predicted octanol–water partition coefficient (Wildman–Crippen LogP) is 5.20. The van der Waals surface area contributed by atoms with E-state index in [1.54, 1.807) is 17.9 Å². The van der Waals surface area contributed by atoms with Gasteiger partial charge in [0.2, 0.25) is 4.77 Å². The summed E-state index contributed by atoms with van der Waals surface area (Å²) in [6.07, 6.45) is 0.0110. The van der Waals surface area contributed by atoms with Crippen LogP contribution in [0.3, 0.4) is 0 Å². The van der Waals surface area contributed by atoms with Crippen LogP contribution in [0.2, 0.25) is 5.02 Å². The van der Waals surface area contributed by atoms with E-state index in [1.165, 1.54) is 0 Å². The molecule has 0 aliphatic heterocycles. The minimum Gasteiger partial charge on any atom is -0.496 e. The maximum absolute atomic E-state index is 6.52. The lowest BCUT2D eigenvalue weighted by molar-refractivity contribution is 0.223. The van der Waals surface area contributed by atoms with Crippen LogP contribution in [-0.2, 0) is 6.54 Å². The van der Waals surface area contributed by atoms with Crippen LogP contribution in [-0.4, -0.2) is 34.7 Å². The van der Waals surface area contributed by atoms with Gasteiger partial charge in [0.05, 0.1) is 31.9 Å². The number of hydrogen-bond donors (Lipinski definition) is 2. The van der Waals surface area contributed by atoms with Crippen LogP contribution in [0.1, 0.15) is 26.3 Å². The molecule has 0 bridgehead atoms. The molecular weight excluding hydrogens is 424 g/mol. The largest absolute Gasteiger partial charge is 0.496 e. The molecule has 0 aliphatic carbocycles. The topological polar surface area (TPSA) is 73.3 Å². The Kier molecular flexibility index (Phi) is 7.23.